The normalized spacial score (nSPS) is 5.25. The summed E-state index contributed by atoms with van der Waals surface area (Å²) >= 11 is 0. The fourth-order valence-electron chi connectivity index (χ4n) is 0. The van der Waals surface area contributed by atoms with E-state index >= 15 is 0 Å². The van der Waals surface area contributed by atoms with Gasteiger partial charge in [0.2, 0.25) is 0 Å². The Balaban J connectivity index is 0. The Hall–Kier alpha value is 1.70. The second-order valence-electron chi connectivity index (χ2n) is 0.0913. The molecule has 1 atom stereocenters. The van der Waals surface area contributed by atoms with E-state index in [-0.39, 0.29) is 51.4 Å². The molecule has 2 nitrogen and oxygen atoms in total. The molecule has 0 aromatic heterocycles. The third kappa shape index (κ3) is 9.34. The van der Waals surface area contributed by atoms with Crippen molar-refractivity contribution in [1.29, 1.82) is 0 Å². The maximum atomic E-state index is 8.51. The van der Waals surface area contributed by atoms with Gasteiger partial charge in [-0.1, -0.05) is 0 Å². The topological polar surface area (TPSA) is 37.3 Å². The van der Waals surface area contributed by atoms with E-state index in [1.54, 1.807) is 0 Å². The summed E-state index contributed by atoms with van der Waals surface area (Å²) in [5, 5.41) is 0. The Morgan fingerprint density at radius 2 is 1.75 bits per heavy atom. The molecule has 0 aliphatic heterocycles. The van der Waals surface area contributed by atoms with E-state index in [0.29, 0.717) is 0 Å². The molecule has 0 aromatic rings. The molecule has 4 heteroatoms. The minimum Gasteiger partial charge on any atom is -0.162 e. The van der Waals surface area contributed by atoms with Crippen LogP contribution >= 0.6 is 8.69 Å². The monoisotopic (exact) mass is 104 g/mol. The van der Waals surface area contributed by atoms with Gasteiger partial charge in [-0.15, -0.1) is 0 Å². The van der Waals surface area contributed by atoms with Crippen LogP contribution in [0.3, 0.4) is 0 Å². The maximum absolute atomic E-state index is 8.51. The van der Waals surface area contributed by atoms with Crippen molar-refractivity contribution in [3.63, 3.8) is 0 Å². The van der Waals surface area contributed by atoms with E-state index < -0.39 is 8.69 Å². The van der Waals surface area contributed by atoms with Crippen molar-refractivity contribution in [2.75, 3.05) is 0 Å². The zero-order valence-corrected chi connectivity index (χ0v) is 6.48. The Bertz CT molecular complexity index is 13.5. The number of hydrogen-bond donors (Lipinski definition) is 1. The van der Waals surface area contributed by atoms with Crippen molar-refractivity contribution in [3.05, 3.63) is 0 Å². The molecule has 4 heavy (non-hydrogen) atoms. The molecule has 0 spiro atoms. The summed E-state index contributed by atoms with van der Waals surface area (Å²) in [6.45, 7) is 0. The molecule has 1 radical (unpaired) electrons. The first kappa shape index (κ1) is 9.20. The van der Waals surface area contributed by atoms with Gasteiger partial charge < -0.3 is 0 Å². The van der Waals surface area contributed by atoms with Gasteiger partial charge in [-0.2, -0.15) is 4.89 Å². The molecule has 0 bridgehead atoms. The number of rotatable bonds is 0. The predicted octanol–water partition coefficient (Wildman–Crippen LogP) is -0.463. The Morgan fingerprint density at radius 1 is 1.75 bits per heavy atom. The van der Waals surface area contributed by atoms with E-state index in [0.717, 1.165) is 0 Å². The van der Waals surface area contributed by atoms with E-state index in [1.165, 1.54) is 0 Å². The summed E-state index contributed by atoms with van der Waals surface area (Å²) in [5.74, 6) is 0. The molecular weight excluding hydrogens is 102 g/mol. The molecule has 0 aromatic carbocycles. The first-order valence-electron chi connectivity index (χ1n) is 0.428. The van der Waals surface area contributed by atoms with Crippen LogP contribution in [0.15, 0.2) is 0 Å². The molecule has 0 aliphatic carbocycles. The first-order valence-corrected chi connectivity index (χ1v) is 1.28. The van der Waals surface area contributed by atoms with Crippen LogP contribution in [-0.2, 0) is 4.57 Å². The minimum absolute atomic E-state index is 0. The Morgan fingerprint density at radius 3 is 1.75 bits per heavy atom. The molecule has 0 aliphatic rings. The predicted molar refractivity (Wildman–Crippen MR) is 17.0 cm³/mol. The fourth-order valence-corrected chi connectivity index (χ4v) is 0. The smallest absolute Gasteiger partial charge is 0.162 e. The average Bonchev–Trinajstić information content (AvgIpc) is 0.918. The molecule has 1 N–H and O–H groups in total. The number of hydrogen-bond acceptors (Lipinski definition) is 1. The van der Waals surface area contributed by atoms with Crippen LogP contribution in [0.25, 0.3) is 0 Å². The molecule has 0 amide bonds. The van der Waals surface area contributed by atoms with Crippen LogP contribution in [0.2, 0.25) is 0 Å². The zero-order chi connectivity index (χ0) is 2.71. The van der Waals surface area contributed by atoms with Gasteiger partial charge in [-0.05, 0) is 4.57 Å². The molecule has 1 unspecified atom stereocenters. The van der Waals surface area contributed by atoms with E-state index in [9.17, 15) is 0 Å². The minimum atomic E-state index is -1.17. The van der Waals surface area contributed by atoms with Crippen LogP contribution in [0.4, 0.5) is 0 Å². The standard InChI is InChI=1S/K.HO2P/c;1-3-2/h;3H/p+1. The molecule has 0 saturated heterocycles. The Labute approximate surface area is 68.3 Å². The van der Waals surface area contributed by atoms with Gasteiger partial charge in [-0.3, -0.25) is 0 Å². The van der Waals surface area contributed by atoms with Crippen molar-refractivity contribution in [2.24, 2.45) is 0 Å². The van der Waals surface area contributed by atoms with Crippen LogP contribution < -0.4 is 0 Å². The van der Waals surface area contributed by atoms with Gasteiger partial charge in [-0.25, -0.2) is 0 Å². The summed E-state index contributed by atoms with van der Waals surface area (Å²) in [4.78, 5) is 7.04. The molecule has 0 saturated carbocycles. The van der Waals surface area contributed by atoms with Crippen molar-refractivity contribution in [2.45, 2.75) is 0 Å². The summed E-state index contributed by atoms with van der Waals surface area (Å²) in [6, 6.07) is 0. The van der Waals surface area contributed by atoms with Crippen LogP contribution in [-0.4, -0.2) is 56.3 Å². The third-order valence-electron chi connectivity index (χ3n) is 0. The van der Waals surface area contributed by atoms with Crippen molar-refractivity contribution >= 4 is 60.1 Å². The van der Waals surface area contributed by atoms with Crippen molar-refractivity contribution in [1.82, 2.24) is 0 Å². The molecule has 0 fully saturated rings. The van der Waals surface area contributed by atoms with Crippen molar-refractivity contribution in [3.8, 4) is 0 Å². The fraction of sp³-hybridized carbons (Fsp3) is 0. The average molecular weight is 104 g/mol. The van der Waals surface area contributed by atoms with E-state index in [1.807, 2.05) is 0 Å². The maximum Gasteiger partial charge on any atom is 0.491 e. The first-order chi connectivity index (χ1) is 1.41. The van der Waals surface area contributed by atoms with Gasteiger partial charge in [0, 0.05) is 51.4 Å². The molecule has 0 heterocycles. The second kappa shape index (κ2) is 8.83. The Kier molecular flexibility index (Phi) is 20.3. The van der Waals surface area contributed by atoms with Crippen LogP contribution in [0, 0.1) is 0 Å². The summed E-state index contributed by atoms with van der Waals surface area (Å²) in [6.07, 6.45) is 0. The molecule has 19 valence electrons. The summed E-state index contributed by atoms with van der Waals surface area (Å²) < 4.78 is 8.51. The summed E-state index contributed by atoms with van der Waals surface area (Å²) in [5.41, 5.74) is 0. The van der Waals surface area contributed by atoms with Crippen LogP contribution in [0.5, 0.6) is 0 Å². The van der Waals surface area contributed by atoms with E-state index in [2.05, 4.69) is 0 Å². The van der Waals surface area contributed by atoms with Crippen molar-refractivity contribution < 1.29 is 9.46 Å². The van der Waals surface area contributed by atoms with Gasteiger partial charge >= 0.3 is 8.69 Å². The third-order valence-corrected chi connectivity index (χ3v) is 0. The largest absolute Gasteiger partial charge is 0.491 e. The van der Waals surface area contributed by atoms with Crippen LogP contribution in [0.1, 0.15) is 0 Å². The zero-order valence-electron chi connectivity index (χ0n) is 2.36. The van der Waals surface area contributed by atoms with Gasteiger partial charge in [0.1, 0.15) is 0 Å². The summed E-state index contributed by atoms with van der Waals surface area (Å²) in [7, 11) is -1.17. The van der Waals surface area contributed by atoms with Gasteiger partial charge in [0.05, 0.1) is 0 Å². The van der Waals surface area contributed by atoms with Gasteiger partial charge in [0.25, 0.3) is 0 Å². The molecule has 0 rings (SSSR count). The SMILES string of the molecule is O=[PH+]O.[K]. The van der Waals surface area contributed by atoms with E-state index in [4.69, 9.17) is 9.46 Å². The second-order valence-corrected chi connectivity index (χ2v) is 0.274. The quantitative estimate of drug-likeness (QED) is 0.333. The van der Waals surface area contributed by atoms with Gasteiger partial charge in [0.15, 0.2) is 0 Å². The molecular formula is H2KO2P+.